The monoisotopic (exact) mass is 314 g/mol. The standard InChI is InChI=1S/C17H22N4O2/c1-13(12-21-9-4-8-19-21)18-11-17(22)20-15-7-10-23-16-6-3-2-5-14(15)16/h2-6,8-9,13,15,18H,7,10-12H2,1H3,(H,20,22)/t13-,15-/m0/s1. The lowest BCUT2D eigenvalue weighted by Gasteiger charge is -2.27. The number of hydrogen-bond donors (Lipinski definition) is 2. The van der Waals surface area contributed by atoms with Crippen LogP contribution in [0.25, 0.3) is 0 Å². The third kappa shape index (κ3) is 4.10. The van der Waals surface area contributed by atoms with Crippen LogP contribution in [0.2, 0.25) is 0 Å². The molecule has 23 heavy (non-hydrogen) atoms. The summed E-state index contributed by atoms with van der Waals surface area (Å²) in [6.45, 7) is 3.70. The van der Waals surface area contributed by atoms with Crippen LogP contribution in [0, 0.1) is 0 Å². The van der Waals surface area contributed by atoms with Gasteiger partial charge in [0.2, 0.25) is 5.91 Å². The van der Waals surface area contributed by atoms with E-state index in [9.17, 15) is 4.79 Å². The number of aromatic nitrogens is 2. The van der Waals surface area contributed by atoms with E-state index in [1.807, 2.05) is 48.1 Å². The molecule has 1 aliphatic heterocycles. The van der Waals surface area contributed by atoms with Gasteiger partial charge in [-0.25, -0.2) is 0 Å². The first-order valence-corrected chi connectivity index (χ1v) is 7.94. The molecule has 0 unspecified atom stereocenters. The largest absolute Gasteiger partial charge is 0.493 e. The molecule has 2 heterocycles. The molecule has 6 nitrogen and oxygen atoms in total. The van der Waals surface area contributed by atoms with Crippen molar-refractivity contribution in [1.29, 1.82) is 0 Å². The SMILES string of the molecule is C[C@@H](Cn1cccn1)NCC(=O)N[C@H]1CCOc2ccccc21. The smallest absolute Gasteiger partial charge is 0.234 e. The summed E-state index contributed by atoms with van der Waals surface area (Å²) in [4.78, 5) is 12.2. The first-order chi connectivity index (χ1) is 11.2. The van der Waals surface area contributed by atoms with E-state index in [1.165, 1.54) is 0 Å². The van der Waals surface area contributed by atoms with E-state index in [2.05, 4.69) is 15.7 Å². The highest BCUT2D eigenvalue weighted by Crippen LogP contribution is 2.31. The lowest BCUT2D eigenvalue weighted by molar-refractivity contribution is -0.121. The quantitative estimate of drug-likeness (QED) is 0.848. The highest BCUT2D eigenvalue weighted by atomic mass is 16.5. The Morgan fingerprint density at radius 2 is 2.30 bits per heavy atom. The summed E-state index contributed by atoms with van der Waals surface area (Å²) >= 11 is 0. The summed E-state index contributed by atoms with van der Waals surface area (Å²) in [5, 5.41) is 10.5. The fourth-order valence-electron chi connectivity index (χ4n) is 2.76. The first kappa shape index (κ1) is 15.6. The zero-order valence-electron chi connectivity index (χ0n) is 13.2. The van der Waals surface area contributed by atoms with Crippen molar-refractivity contribution in [2.45, 2.75) is 32.0 Å². The second kappa shape index (κ2) is 7.28. The number of benzene rings is 1. The van der Waals surface area contributed by atoms with Crippen molar-refractivity contribution in [2.75, 3.05) is 13.2 Å². The molecule has 2 atom stereocenters. The summed E-state index contributed by atoms with van der Waals surface area (Å²) in [6.07, 6.45) is 4.46. The maximum atomic E-state index is 12.2. The van der Waals surface area contributed by atoms with E-state index in [4.69, 9.17) is 4.74 Å². The van der Waals surface area contributed by atoms with Crippen LogP contribution in [0.4, 0.5) is 0 Å². The normalized spacial score (nSPS) is 17.9. The van der Waals surface area contributed by atoms with Crippen molar-refractivity contribution >= 4 is 5.91 Å². The molecule has 6 heteroatoms. The molecule has 1 aromatic heterocycles. The van der Waals surface area contributed by atoms with Gasteiger partial charge in [0.05, 0.1) is 25.7 Å². The van der Waals surface area contributed by atoms with Gasteiger partial charge in [-0.3, -0.25) is 9.48 Å². The number of ether oxygens (including phenoxy) is 1. The molecular weight excluding hydrogens is 292 g/mol. The van der Waals surface area contributed by atoms with Gasteiger partial charge >= 0.3 is 0 Å². The zero-order chi connectivity index (χ0) is 16.1. The summed E-state index contributed by atoms with van der Waals surface area (Å²) in [7, 11) is 0. The van der Waals surface area contributed by atoms with Gasteiger partial charge in [-0.15, -0.1) is 0 Å². The second-order valence-electron chi connectivity index (χ2n) is 5.81. The van der Waals surface area contributed by atoms with E-state index in [0.717, 1.165) is 24.3 Å². The second-order valence-corrected chi connectivity index (χ2v) is 5.81. The molecule has 1 aliphatic rings. The van der Waals surface area contributed by atoms with Gasteiger partial charge in [0.25, 0.3) is 0 Å². The summed E-state index contributed by atoms with van der Waals surface area (Å²) in [5.74, 6) is 0.864. The van der Waals surface area contributed by atoms with E-state index < -0.39 is 0 Å². The molecule has 0 aliphatic carbocycles. The van der Waals surface area contributed by atoms with Crippen LogP contribution in [0.5, 0.6) is 5.75 Å². The van der Waals surface area contributed by atoms with Gasteiger partial charge in [0.1, 0.15) is 5.75 Å². The summed E-state index contributed by atoms with van der Waals surface area (Å²) < 4.78 is 7.47. The average molecular weight is 314 g/mol. The van der Waals surface area contributed by atoms with Crippen LogP contribution >= 0.6 is 0 Å². The maximum Gasteiger partial charge on any atom is 0.234 e. The van der Waals surface area contributed by atoms with E-state index >= 15 is 0 Å². The first-order valence-electron chi connectivity index (χ1n) is 7.94. The third-order valence-electron chi connectivity index (χ3n) is 3.92. The topological polar surface area (TPSA) is 68.2 Å². The van der Waals surface area contributed by atoms with Crippen molar-refractivity contribution in [2.24, 2.45) is 0 Å². The van der Waals surface area contributed by atoms with Crippen LogP contribution < -0.4 is 15.4 Å². The number of amides is 1. The Kier molecular flexibility index (Phi) is 4.92. The fraction of sp³-hybridized carbons (Fsp3) is 0.412. The Bertz CT molecular complexity index is 642. The van der Waals surface area contributed by atoms with Gasteiger partial charge in [-0.1, -0.05) is 18.2 Å². The van der Waals surface area contributed by atoms with Crippen molar-refractivity contribution in [3.05, 3.63) is 48.3 Å². The van der Waals surface area contributed by atoms with Crippen LogP contribution in [-0.2, 0) is 11.3 Å². The van der Waals surface area contributed by atoms with Crippen molar-refractivity contribution in [1.82, 2.24) is 20.4 Å². The van der Waals surface area contributed by atoms with E-state index in [0.29, 0.717) is 13.2 Å². The molecule has 1 amide bonds. The van der Waals surface area contributed by atoms with Crippen molar-refractivity contribution < 1.29 is 9.53 Å². The molecule has 0 fully saturated rings. The van der Waals surface area contributed by atoms with Crippen LogP contribution in [0.15, 0.2) is 42.7 Å². The zero-order valence-corrected chi connectivity index (χ0v) is 13.2. The Morgan fingerprint density at radius 1 is 1.43 bits per heavy atom. The molecule has 122 valence electrons. The lowest BCUT2D eigenvalue weighted by Crippen LogP contribution is -2.41. The molecule has 3 rings (SSSR count). The Labute approximate surface area is 135 Å². The number of rotatable bonds is 6. The molecule has 0 radical (unpaired) electrons. The number of fused-ring (bicyclic) bond motifs is 1. The number of para-hydroxylation sites is 1. The minimum absolute atomic E-state index is 0.000909. The highest BCUT2D eigenvalue weighted by Gasteiger charge is 2.22. The molecule has 2 aromatic rings. The molecule has 0 saturated heterocycles. The van der Waals surface area contributed by atoms with E-state index in [-0.39, 0.29) is 18.0 Å². The molecule has 0 bridgehead atoms. The Balaban J connectivity index is 1.48. The molecule has 1 aromatic carbocycles. The number of hydrogen-bond acceptors (Lipinski definition) is 4. The van der Waals surface area contributed by atoms with Gasteiger partial charge in [0, 0.05) is 30.4 Å². The number of nitrogens with one attached hydrogen (secondary N) is 2. The third-order valence-corrected chi connectivity index (χ3v) is 3.92. The van der Waals surface area contributed by atoms with Gasteiger partial charge in [-0.2, -0.15) is 5.10 Å². The van der Waals surface area contributed by atoms with Gasteiger partial charge < -0.3 is 15.4 Å². The summed E-state index contributed by atoms with van der Waals surface area (Å²) in [5.41, 5.74) is 1.05. The molecule has 0 spiro atoms. The van der Waals surface area contributed by atoms with Crippen LogP contribution in [0.1, 0.15) is 24.9 Å². The molecular formula is C17H22N4O2. The predicted octanol–water partition coefficient (Wildman–Crippen LogP) is 1.50. The minimum atomic E-state index is -0.000909. The van der Waals surface area contributed by atoms with Crippen LogP contribution in [-0.4, -0.2) is 34.9 Å². The minimum Gasteiger partial charge on any atom is -0.493 e. The number of nitrogens with zero attached hydrogens (tertiary/aromatic N) is 2. The van der Waals surface area contributed by atoms with Crippen molar-refractivity contribution in [3.8, 4) is 5.75 Å². The van der Waals surface area contributed by atoms with E-state index in [1.54, 1.807) is 6.20 Å². The molecule has 2 N–H and O–H groups in total. The van der Waals surface area contributed by atoms with Crippen molar-refractivity contribution in [3.63, 3.8) is 0 Å². The maximum absolute atomic E-state index is 12.2. The fourth-order valence-corrected chi connectivity index (χ4v) is 2.76. The number of carbonyl (C=O) groups is 1. The van der Waals surface area contributed by atoms with Gasteiger partial charge in [0.15, 0.2) is 0 Å². The Hall–Kier alpha value is -2.34. The highest BCUT2D eigenvalue weighted by molar-refractivity contribution is 5.78. The Morgan fingerprint density at radius 3 is 3.13 bits per heavy atom. The molecule has 0 saturated carbocycles. The van der Waals surface area contributed by atoms with Gasteiger partial charge in [-0.05, 0) is 19.1 Å². The predicted molar refractivity (Wildman–Crippen MR) is 87.1 cm³/mol. The number of carbonyl (C=O) groups excluding carboxylic acids is 1. The van der Waals surface area contributed by atoms with Crippen LogP contribution in [0.3, 0.4) is 0 Å². The lowest BCUT2D eigenvalue weighted by atomic mass is 10.0. The average Bonchev–Trinajstić information content (AvgIpc) is 3.06. The summed E-state index contributed by atoms with van der Waals surface area (Å²) in [6, 6.07) is 9.95.